The van der Waals surface area contributed by atoms with Crippen LogP contribution < -0.4 is 9.47 Å². The zero-order valence-corrected chi connectivity index (χ0v) is 13.6. The van der Waals surface area contributed by atoms with E-state index < -0.39 is 0 Å². The average molecular weight is 349 g/mol. The third kappa shape index (κ3) is 2.78. The van der Waals surface area contributed by atoms with E-state index in [1.807, 2.05) is 18.2 Å². The summed E-state index contributed by atoms with van der Waals surface area (Å²) in [6.07, 6.45) is 0. The van der Waals surface area contributed by atoms with Crippen LogP contribution in [0.25, 0.3) is 0 Å². The van der Waals surface area contributed by atoms with Crippen molar-refractivity contribution in [3.63, 3.8) is 0 Å². The monoisotopic (exact) mass is 348 g/mol. The predicted molar refractivity (Wildman–Crippen MR) is 85.3 cm³/mol. The third-order valence-corrected chi connectivity index (χ3v) is 4.77. The Morgan fingerprint density at radius 1 is 1.00 bits per heavy atom. The SMILES string of the molecule is COc1ccc(C(Br)c2ccc3c(c2)COC3)c(OC)c1. The Morgan fingerprint density at radius 3 is 2.57 bits per heavy atom. The highest BCUT2D eigenvalue weighted by Crippen LogP contribution is 2.39. The molecule has 1 atom stereocenters. The van der Waals surface area contributed by atoms with Crippen molar-refractivity contribution in [3.05, 3.63) is 58.7 Å². The number of ether oxygens (including phenoxy) is 3. The second-order valence-corrected chi connectivity index (χ2v) is 5.91. The third-order valence-electron chi connectivity index (χ3n) is 3.75. The molecule has 0 amide bonds. The molecule has 0 saturated carbocycles. The minimum Gasteiger partial charge on any atom is -0.497 e. The fourth-order valence-corrected chi connectivity index (χ4v) is 3.22. The summed E-state index contributed by atoms with van der Waals surface area (Å²) in [6, 6.07) is 12.4. The Kier molecular flexibility index (Phi) is 4.17. The van der Waals surface area contributed by atoms with Crippen LogP contribution in [0.3, 0.4) is 0 Å². The quantitative estimate of drug-likeness (QED) is 0.774. The Morgan fingerprint density at radius 2 is 1.81 bits per heavy atom. The summed E-state index contributed by atoms with van der Waals surface area (Å²) >= 11 is 3.78. The maximum atomic E-state index is 5.49. The van der Waals surface area contributed by atoms with Gasteiger partial charge in [-0.25, -0.2) is 0 Å². The summed E-state index contributed by atoms with van der Waals surface area (Å²) < 4.78 is 16.2. The fraction of sp³-hybridized carbons (Fsp3) is 0.294. The van der Waals surface area contributed by atoms with E-state index in [1.54, 1.807) is 14.2 Å². The highest BCUT2D eigenvalue weighted by Gasteiger charge is 2.19. The van der Waals surface area contributed by atoms with E-state index in [-0.39, 0.29) is 4.83 Å². The van der Waals surface area contributed by atoms with Crippen molar-refractivity contribution >= 4 is 15.9 Å². The van der Waals surface area contributed by atoms with Crippen molar-refractivity contribution < 1.29 is 14.2 Å². The molecule has 0 aliphatic carbocycles. The summed E-state index contributed by atoms with van der Waals surface area (Å²) in [5.41, 5.74) is 4.82. The fourth-order valence-electron chi connectivity index (χ4n) is 2.56. The molecule has 21 heavy (non-hydrogen) atoms. The first-order valence-electron chi connectivity index (χ1n) is 6.78. The molecule has 0 saturated heterocycles. The van der Waals surface area contributed by atoms with Crippen molar-refractivity contribution in [3.8, 4) is 11.5 Å². The number of alkyl halides is 1. The van der Waals surface area contributed by atoms with Crippen LogP contribution in [-0.4, -0.2) is 14.2 Å². The van der Waals surface area contributed by atoms with Crippen LogP contribution >= 0.6 is 15.9 Å². The zero-order chi connectivity index (χ0) is 14.8. The lowest BCUT2D eigenvalue weighted by Gasteiger charge is -2.16. The largest absolute Gasteiger partial charge is 0.497 e. The lowest BCUT2D eigenvalue weighted by atomic mass is 9.99. The van der Waals surface area contributed by atoms with E-state index >= 15 is 0 Å². The molecule has 3 nitrogen and oxygen atoms in total. The molecular weight excluding hydrogens is 332 g/mol. The molecule has 2 aromatic rings. The topological polar surface area (TPSA) is 27.7 Å². The van der Waals surface area contributed by atoms with Crippen molar-refractivity contribution in [1.29, 1.82) is 0 Å². The Labute approximate surface area is 133 Å². The first-order chi connectivity index (χ1) is 10.2. The molecule has 4 heteroatoms. The van der Waals surface area contributed by atoms with Crippen LogP contribution in [0.5, 0.6) is 11.5 Å². The van der Waals surface area contributed by atoms with E-state index in [0.29, 0.717) is 13.2 Å². The maximum absolute atomic E-state index is 5.49. The molecular formula is C17H17BrO3. The highest BCUT2D eigenvalue weighted by molar-refractivity contribution is 9.09. The molecule has 110 valence electrons. The average Bonchev–Trinajstić information content (AvgIpc) is 3.01. The standard InChI is InChI=1S/C17H17BrO3/c1-19-14-5-6-15(16(8-14)20-2)17(18)11-3-4-12-9-21-10-13(12)7-11/h3-8,17H,9-10H2,1-2H3. The van der Waals surface area contributed by atoms with Crippen molar-refractivity contribution in [2.45, 2.75) is 18.0 Å². The number of benzene rings is 2. The van der Waals surface area contributed by atoms with Crippen LogP contribution in [-0.2, 0) is 18.0 Å². The molecule has 1 unspecified atom stereocenters. The number of fused-ring (bicyclic) bond motifs is 1. The van der Waals surface area contributed by atoms with E-state index in [4.69, 9.17) is 14.2 Å². The highest BCUT2D eigenvalue weighted by atomic mass is 79.9. The molecule has 0 spiro atoms. The molecule has 1 heterocycles. The summed E-state index contributed by atoms with van der Waals surface area (Å²) in [7, 11) is 3.33. The minimum atomic E-state index is 0.0734. The second-order valence-electron chi connectivity index (χ2n) is 4.99. The molecule has 0 bridgehead atoms. The Balaban J connectivity index is 1.96. The summed E-state index contributed by atoms with van der Waals surface area (Å²) in [6.45, 7) is 1.41. The van der Waals surface area contributed by atoms with Gasteiger partial charge in [0.05, 0.1) is 32.3 Å². The summed E-state index contributed by atoms with van der Waals surface area (Å²) in [5, 5.41) is 0. The number of hydrogen-bond donors (Lipinski definition) is 0. The Bertz CT molecular complexity index is 654. The van der Waals surface area contributed by atoms with Crippen LogP contribution in [0.4, 0.5) is 0 Å². The maximum Gasteiger partial charge on any atom is 0.127 e. The van der Waals surface area contributed by atoms with Gasteiger partial charge in [-0.3, -0.25) is 0 Å². The smallest absolute Gasteiger partial charge is 0.127 e. The van der Waals surface area contributed by atoms with Crippen LogP contribution in [0.1, 0.15) is 27.1 Å². The van der Waals surface area contributed by atoms with Crippen LogP contribution in [0.15, 0.2) is 36.4 Å². The predicted octanol–water partition coefficient (Wildman–Crippen LogP) is 4.22. The van der Waals surface area contributed by atoms with E-state index in [2.05, 4.69) is 34.1 Å². The number of halogens is 1. The van der Waals surface area contributed by atoms with E-state index in [0.717, 1.165) is 17.1 Å². The molecule has 0 radical (unpaired) electrons. The molecule has 2 aromatic carbocycles. The van der Waals surface area contributed by atoms with Gasteiger partial charge in [-0.15, -0.1) is 0 Å². The van der Waals surface area contributed by atoms with Crippen molar-refractivity contribution in [1.82, 2.24) is 0 Å². The number of hydrogen-bond acceptors (Lipinski definition) is 3. The van der Waals surface area contributed by atoms with E-state index in [9.17, 15) is 0 Å². The lowest BCUT2D eigenvalue weighted by Crippen LogP contribution is -1.99. The van der Waals surface area contributed by atoms with Gasteiger partial charge < -0.3 is 14.2 Å². The van der Waals surface area contributed by atoms with Crippen molar-refractivity contribution in [2.75, 3.05) is 14.2 Å². The van der Waals surface area contributed by atoms with E-state index in [1.165, 1.54) is 16.7 Å². The Hall–Kier alpha value is -1.52. The lowest BCUT2D eigenvalue weighted by molar-refractivity contribution is 0.134. The van der Waals surface area contributed by atoms with Gasteiger partial charge in [-0.2, -0.15) is 0 Å². The molecule has 0 N–H and O–H groups in total. The van der Waals surface area contributed by atoms with Gasteiger partial charge in [-0.05, 0) is 22.8 Å². The molecule has 0 fully saturated rings. The van der Waals surface area contributed by atoms with Crippen molar-refractivity contribution in [2.24, 2.45) is 0 Å². The van der Waals surface area contributed by atoms with Gasteiger partial charge in [0.25, 0.3) is 0 Å². The first-order valence-corrected chi connectivity index (χ1v) is 7.70. The molecule has 0 aromatic heterocycles. The van der Waals surface area contributed by atoms with Gasteiger partial charge >= 0.3 is 0 Å². The molecule has 3 rings (SSSR count). The molecule has 1 aliphatic heterocycles. The summed E-state index contributed by atoms with van der Waals surface area (Å²) in [4.78, 5) is 0.0734. The van der Waals surface area contributed by atoms with Gasteiger partial charge in [0.2, 0.25) is 0 Å². The molecule has 1 aliphatic rings. The zero-order valence-electron chi connectivity index (χ0n) is 12.1. The van der Waals surface area contributed by atoms with Gasteiger partial charge in [0, 0.05) is 11.6 Å². The number of rotatable bonds is 4. The van der Waals surface area contributed by atoms with Gasteiger partial charge in [0.1, 0.15) is 11.5 Å². The van der Waals surface area contributed by atoms with Crippen LogP contribution in [0.2, 0.25) is 0 Å². The first kappa shape index (κ1) is 14.4. The second kappa shape index (κ2) is 6.08. The van der Waals surface area contributed by atoms with Gasteiger partial charge in [0.15, 0.2) is 0 Å². The minimum absolute atomic E-state index is 0.0734. The summed E-state index contributed by atoms with van der Waals surface area (Å²) in [5.74, 6) is 1.60. The number of methoxy groups -OCH3 is 2. The van der Waals surface area contributed by atoms with Crippen LogP contribution in [0, 0.1) is 0 Å². The normalized spacial score (nSPS) is 14.6. The van der Waals surface area contributed by atoms with Gasteiger partial charge in [-0.1, -0.05) is 40.2 Å².